The van der Waals surface area contributed by atoms with Crippen molar-refractivity contribution in [2.75, 3.05) is 5.32 Å². The summed E-state index contributed by atoms with van der Waals surface area (Å²) < 4.78 is 0.987. The molecular weight excluding hydrogens is 322 g/mol. The van der Waals surface area contributed by atoms with Gasteiger partial charge in [-0.3, -0.25) is 9.78 Å². The molecule has 0 saturated carbocycles. The molecule has 0 saturated heterocycles. The second-order valence-corrected chi connectivity index (χ2v) is 6.83. The fraction of sp³-hybridized carbons (Fsp3) is 0.167. The Bertz CT molecular complexity index is 991. The molecule has 3 aromatic rings. The lowest BCUT2D eigenvalue weighted by Crippen LogP contribution is -1.98. The molecule has 0 fully saturated rings. The number of thiophene rings is 1. The molecule has 120 valence electrons. The number of aromatic nitrogens is 1. The molecule has 2 heterocycles. The zero-order valence-corrected chi connectivity index (χ0v) is 13.9. The van der Waals surface area contributed by atoms with Gasteiger partial charge >= 0.3 is 0 Å². The van der Waals surface area contributed by atoms with Crippen LogP contribution in [0.5, 0.6) is 0 Å². The van der Waals surface area contributed by atoms with Crippen molar-refractivity contribution in [1.29, 1.82) is 0 Å². The van der Waals surface area contributed by atoms with E-state index in [0.29, 0.717) is 4.88 Å². The monoisotopic (exact) mass is 337 g/mol. The Morgan fingerprint density at radius 2 is 2.21 bits per heavy atom. The predicted molar refractivity (Wildman–Crippen MR) is 96.0 cm³/mol. The minimum Gasteiger partial charge on any atom is -0.411 e. The Hall–Kier alpha value is -2.73. The van der Waals surface area contributed by atoms with E-state index in [-0.39, 0.29) is 5.78 Å². The summed E-state index contributed by atoms with van der Waals surface area (Å²) >= 11 is 1.45. The molecule has 0 bridgehead atoms. The summed E-state index contributed by atoms with van der Waals surface area (Å²) in [7, 11) is 0. The fourth-order valence-corrected chi connectivity index (χ4v) is 4.14. The third-order valence-corrected chi connectivity index (χ3v) is 5.49. The number of hydrogen-bond donors (Lipinski definition) is 2. The summed E-state index contributed by atoms with van der Waals surface area (Å²) in [4.78, 5) is 16.8. The lowest BCUT2D eigenvalue weighted by Gasteiger charge is -2.09. The first-order valence-electron chi connectivity index (χ1n) is 7.66. The molecule has 0 aliphatic heterocycles. The van der Waals surface area contributed by atoms with E-state index in [9.17, 15) is 4.79 Å². The van der Waals surface area contributed by atoms with E-state index < -0.39 is 0 Å². The smallest absolute Gasteiger partial charge is 0.171 e. The van der Waals surface area contributed by atoms with Crippen LogP contribution < -0.4 is 5.32 Å². The average Bonchev–Trinajstić information content (AvgIpc) is 3.16. The van der Waals surface area contributed by atoms with Gasteiger partial charge in [0.2, 0.25) is 0 Å². The van der Waals surface area contributed by atoms with Crippen LogP contribution in [0.2, 0.25) is 0 Å². The molecule has 2 aromatic heterocycles. The molecular formula is C18H15N3O2S. The van der Waals surface area contributed by atoms with Crippen molar-refractivity contribution in [3.8, 4) is 0 Å². The third-order valence-electron chi connectivity index (χ3n) is 4.25. The fourth-order valence-electron chi connectivity index (χ4n) is 3.12. The summed E-state index contributed by atoms with van der Waals surface area (Å²) in [6.45, 7) is 1.58. The van der Waals surface area contributed by atoms with Crippen molar-refractivity contribution in [3.63, 3.8) is 0 Å². The van der Waals surface area contributed by atoms with Gasteiger partial charge in [0.05, 0.1) is 21.0 Å². The number of aryl methyl sites for hydroxylation is 1. The maximum absolute atomic E-state index is 12.0. The van der Waals surface area contributed by atoms with E-state index in [2.05, 4.69) is 21.5 Å². The van der Waals surface area contributed by atoms with Crippen molar-refractivity contribution in [2.45, 2.75) is 19.8 Å². The molecule has 0 spiro atoms. The summed E-state index contributed by atoms with van der Waals surface area (Å²) in [5, 5.41) is 16.8. The summed E-state index contributed by atoms with van der Waals surface area (Å²) in [5.41, 5.74) is 4.63. The zero-order valence-electron chi connectivity index (χ0n) is 13.0. The van der Waals surface area contributed by atoms with Crippen molar-refractivity contribution < 1.29 is 10.0 Å². The number of benzene rings is 1. The molecule has 1 aliphatic carbocycles. The highest BCUT2D eigenvalue weighted by Crippen LogP contribution is 2.38. The second-order valence-electron chi connectivity index (χ2n) is 5.78. The van der Waals surface area contributed by atoms with Crippen LogP contribution in [0.1, 0.15) is 34.1 Å². The number of ketones is 1. The quantitative estimate of drug-likeness (QED) is 0.423. The van der Waals surface area contributed by atoms with Crippen LogP contribution in [0.15, 0.2) is 41.8 Å². The van der Waals surface area contributed by atoms with Crippen LogP contribution in [0.25, 0.3) is 10.1 Å². The average molecular weight is 337 g/mol. The van der Waals surface area contributed by atoms with Crippen LogP contribution in [0, 0.1) is 0 Å². The number of nitrogens with zero attached hydrogens (tertiary/aromatic N) is 2. The second kappa shape index (κ2) is 5.72. The van der Waals surface area contributed by atoms with Gasteiger partial charge in [-0.05, 0) is 36.6 Å². The van der Waals surface area contributed by atoms with Crippen molar-refractivity contribution >= 4 is 44.3 Å². The van der Waals surface area contributed by atoms with Gasteiger partial charge in [-0.1, -0.05) is 11.2 Å². The number of oxime groups is 1. The molecule has 0 radical (unpaired) electrons. The van der Waals surface area contributed by atoms with Crippen LogP contribution in [-0.4, -0.2) is 21.7 Å². The topological polar surface area (TPSA) is 74.6 Å². The van der Waals surface area contributed by atoms with E-state index in [1.54, 1.807) is 19.3 Å². The number of nitrogens with one attached hydrogen (secondary N) is 1. The summed E-state index contributed by atoms with van der Waals surface area (Å²) in [6.07, 6.45) is 5.13. The molecule has 0 amide bonds. The van der Waals surface area contributed by atoms with Crippen molar-refractivity contribution in [1.82, 2.24) is 4.98 Å². The predicted octanol–water partition coefficient (Wildman–Crippen LogP) is 4.37. The Labute approximate surface area is 142 Å². The first kappa shape index (κ1) is 14.8. The molecule has 0 atom stereocenters. The maximum atomic E-state index is 12.0. The first-order chi connectivity index (χ1) is 11.7. The van der Waals surface area contributed by atoms with Gasteiger partial charge in [-0.15, -0.1) is 11.3 Å². The van der Waals surface area contributed by atoms with E-state index >= 15 is 0 Å². The highest BCUT2D eigenvalue weighted by atomic mass is 32.1. The Morgan fingerprint density at radius 1 is 1.33 bits per heavy atom. The number of rotatable bonds is 3. The van der Waals surface area contributed by atoms with Gasteiger partial charge in [0, 0.05) is 36.0 Å². The number of fused-ring (bicyclic) bond motifs is 2. The summed E-state index contributed by atoms with van der Waals surface area (Å²) in [5.74, 6) is 0.0366. The number of anilines is 2. The molecule has 4 rings (SSSR count). The van der Waals surface area contributed by atoms with Gasteiger partial charge in [0.25, 0.3) is 0 Å². The lowest BCUT2D eigenvalue weighted by molar-refractivity contribution is 0.102. The van der Waals surface area contributed by atoms with Crippen LogP contribution in [0.3, 0.4) is 0 Å². The van der Waals surface area contributed by atoms with Crippen molar-refractivity contribution in [3.05, 3.63) is 52.7 Å². The highest BCUT2D eigenvalue weighted by molar-refractivity contribution is 7.21. The number of pyridine rings is 1. The van der Waals surface area contributed by atoms with Crippen LogP contribution in [0.4, 0.5) is 11.4 Å². The molecule has 5 nitrogen and oxygen atoms in total. The minimum atomic E-state index is 0.0366. The number of carbonyl (C=O) groups is 1. The van der Waals surface area contributed by atoms with Crippen LogP contribution >= 0.6 is 11.3 Å². The molecule has 1 aliphatic rings. The van der Waals surface area contributed by atoms with Gasteiger partial charge in [0.1, 0.15) is 0 Å². The molecule has 2 N–H and O–H groups in total. The van der Waals surface area contributed by atoms with E-state index in [4.69, 9.17) is 5.21 Å². The molecule has 6 heteroatoms. The minimum absolute atomic E-state index is 0.0366. The van der Waals surface area contributed by atoms with E-state index in [1.165, 1.54) is 11.3 Å². The third kappa shape index (κ3) is 2.35. The lowest BCUT2D eigenvalue weighted by atomic mass is 10.1. The van der Waals surface area contributed by atoms with Crippen molar-refractivity contribution in [2.24, 2.45) is 5.16 Å². The molecule has 24 heavy (non-hydrogen) atoms. The number of hydrogen-bond acceptors (Lipinski definition) is 6. The zero-order chi connectivity index (χ0) is 16.7. The number of Topliss-reactive ketones (excluding diaryl/α,β-unsaturated/α-hetero) is 1. The number of carbonyl (C=O) groups excluding carboxylic acids is 1. The highest BCUT2D eigenvalue weighted by Gasteiger charge is 2.20. The van der Waals surface area contributed by atoms with Gasteiger partial charge in [-0.25, -0.2) is 0 Å². The maximum Gasteiger partial charge on any atom is 0.171 e. The Kier molecular flexibility index (Phi) is 3.54. The van der Waals surface area contributed by atoms with E-state index in [0.717, 1.165) is 51.1 Å². The van der Waals surface area contributed by atoms with Crippen LogP contribution in [-0.2, 0) is 6.42 Å². The SMILES string of the molecule is CC(=O)c1sc2cnccc2c1Nc1ccc2c(c1)CC/C2=N\O. The van der Waals surface area contributed by atoms with Gasteiger partial charge < -0.3 is 10.5 Å². The largest absolute Gasteiger partial charge is 0.411 e. The normalized spacial score (nSPS) is 15.0. The standard InChI is InChI=1S/C18H15N3O2S/c1-10(22)18-17(14-6-7-19-9-16(14)24-18)20-12-3-4-13-11(8-12)2-5-15(13)21-23/h3-4,6-9,20,23H,2,5H2,1H3/b21-15+. The molecule has 1 aromatic carbocycles. The molecule has 0 unspecified atom stereocenters. The first-order valence-corrected chi connectivity index (χ1v) is 8.47. The van der Waals surface area contributed by atoms with Gasteiger partial charge in [-0.2, -0.15) is 0 Å². The van der Waals surface area contributed by atoms with Gasteiger partial charge in [0.15, 0.2) is 5.78 Å². The summed E-state index contributed by atoms with van der Waals surface area (Å²) in [6, 6.07) is 7.89. The Morgan fingerprint density at radius 3 is 3.00 bits per heavy atom. The Balaban J connectivity index is 1.78. The van der Waals surface area contributed by atoms with E-state index in [1.807, 2.05) is 18.2 Å².